The summed E-state index contributed by atoms with van der Waals surface area (Å²) in [5.41, 5.74) is 8.05. The number of carbonyl (C=O) groups is 1. The third-order valence-electron chi connectivity index (χ3n) is 2.80. The number of rotatable bonds is 1. The van der Waals surface area contributed by atoms with E-state index in [0.717, 1.165) is 10.9 Å². The van der Waals surface area contributed by atoms with Crippen LogP contribution in [0.5, 0.6) is 0 Å². The van der Waals surface area contributed by atoms with Crippen LogP contribution in [0.3, 0.4) is 0 Å². The minimum atomic E-state index is -0.994. The number of hydrogen-bond donors (Lipinski definition) is 3. The Kier molecular flexibility index (Phi) is 1.82. The second-order valence-corrected chi connectivity index (χ2v) is 3.81. The van der Waals surface area contributed by atoms with Crippen molar-refractivity contribution in [2.24, 2.45) is 0 Å². The molecule has 0 radical (unpaired) electrons. The molecule has 0 aliphatic rings. The van der Waals surface area contributed by atoms with Gasteiger partial charge in [0, 0.05) is 17.0 Å². The number of nitrogen functional groups attached to an aromatic ring is 1. The van der Waals surface area contributed by atoms with Crippen molar-refractivity contribution in [3.05, 3.63) is 36.2 Å². The molecule has 0 saturated carbocycles. The van der Waals surface area contributed by atoms with Gasteiger partial charge >= 0.3 is 5.97 Å². The van der Waals surface area contributed by atoms with Crippen LogP contribution in [0.2, 0.25) is 0 Å². The van der Waals surface area contributed by atoms with E-state index in [0.29, 0.717) is 16.6 Å². The average Bonchev–Trinajstić information content (AvgIpc) is 2.69. The van der Waals surface area contributed by atoms with Gasteiger partial charge in [-0.15, -0.1) is 0 Å². The molecular formula is C12H9N3O2. The Hall–Kier alpha value is -2.56. The summed E-state index contributed by atoms with van der Waals surface area (Å²) in [5.74, 6) is -0.994. The molecule has 3 aromatic rings. The van der Waals surface area contributed by atoms with Gasteiger partial charge in [0.2, 0.25) is 0 Å². The average molecular weight is 227 g/mol. The van der Waals surface area contributed by atoms with Crippen LogP contribution in [0.15, 0.2) is 30.6 Å². The zero-order chi connectivity index (χ0) is 12.0. The quantitative estimate of drug-likeness (QED) is 0.554. The molecule has 5 heteroatoms. The molecule has 0 fully saturated rings. The van der Waals surface area contributed by atoms with Crippen LogP contribution in [0, 0.1) is 0 Å². The van der Waals surface area contributed by atoms with E-state index in [1.165, 1.54) is 6.20 Å². The second kappa shape index (κ2) is 3.21. The number of para-hydroxylation sites is 1. The molecule has 2 aromatic heterocycles. The predicted molar refractivity (Wildman–Crippen MR) is 65.0 cm³/mol. The van der Waals surface area contributed by atoms with E-state index in [-0.39, 0.29) is 5.56 Å². The first-order valence-corrected chi connectivity index (χ1v) is 5.05. The Morgan fingerprint density at radius 1 is 1.35 bits per heavy atom. The van der Waals surface area contributed by atoms with Gasteiger partial charge in [-0.2, -0.15) is 0 Å². The third kappa shape index (κ3) is 1.25. The molecule has 17 heavy (non-hydrogen) atoms. The zero-order valence-electron chi connectivity index (χ0n) is 8.77. The standard InChI is InChI=1S/C12H9N3O2/c13-8-3-1-2-6-10-7(12(16)17)4-14-5-9(10)15-11(6)8/h1-5,15H,13H2,(H,16,17). The second-order valence-electron chi connectivity index (χ2n) is 3.81. The van der Waals surface area contributed by atoms with Crippen LogP contribution in [-0.4, -0.2) is 21.0 Å². The number of aromatic amines is 1. The highest BCUT2D eigenvalue weighted by Crippen LogP contribution is 2.30. The molecule has 5 nitrogen and oxygen atoms in total. The largest absolute Gasteiger partial charge is 0.478 e. The fraction of sp³-hybridized carbons (Fsp3) is 0. The first-order chi connectivity index (χ1) is 8.18. The molecule has 0 bridgehead atoms. The van der Waals surface area contributed by atoms with Crippen molar-refractivity contribution in [3.63, 3.8) is 0 Å². The zero-order valence-corrected chi connectivity index (χ0v) is 8.77. The molecule has 0 unspecified atom stereocenters. The number of nitrogens with zero attached hydrogens (tertiary/aromatic N) is 1. The third-order valence-corrected chi connectivity index (χ3v) is 2.80. The monoisotopic (exact) mass is 227 g/mol. The summed E-state index contributed by atoms with van der Waals surface area (Å²) >= 11 is 0. The van der Waals surface area contributed by atoms with Gasteiger partial charge in [0.1, 0.15) is 0 Å². The molecule has 0 aliphatic carbocycles. The predicted octanol–water partition coefficient (Wildman–Crippen LogP) is 2.00. The van der Waals surface area contributed by atoms with Crippen molar-refractivity contribution < 1.29 is 9.90 Å². The molecule has 4 N–H and O–H groups in total. The number of carboxylic acids is 1. The molecule has 1 aromatic carbocycles. The van der Waals surface area contributed by atoms with E-state index in [4.69, 9.17) is 10.8 Å². The summed E-state index contributed by atoms with van der Waals surface area (Å²) in [6, 6.07) is 5.42. The number of nitrogens with one attached hydrogen (secondary N) is 1. The maximum atomic E-state index is 11.2. The highest BCUT2D eigenvalue weighted by molar-refractivity contribution is 6.17. The number of carboxylic acid groups (broad SMARTS) is 1. The number of anilines is 1. The van der Waals surface area contributed by atoms with Gasteiger partial charge in [-0.3, -0.25) is 4.98 Å². The van der Waals surface area contributed by atoms with Crippen LogP contribution < -0.4 is 5.73 Å². The van der Waals surface area contributed by atoms with Gasteiger partial charge in [-0.1, -0.05) is 12.1 Å². The molecule has 2 heterocycles. The topological polar surface area (TPSA) is 92.0 Å². The fourth-order valence-corrected chi connectivity index (χ4v) is 2.06. The van der Waals surface area contributed by atoms with E-state index in [2.05, 4.69) is 9.97 Å². The van der Waals surface area contributed by atoms with Crippen molar-refractivity contribution in [2.45, 2.75) is 0 Å². The lowest BCUT2D eigenvalue weighted by Gasteiger charge is -1.97. The lowest BCUT2D eigenvalue weighted by molar-refractivity contribution is 0.0698. The molecule has 0 spiro atoms. The van der Waals surface area contributed by atoms with E-state index in [9.17, 15) is 4.79 Å². The summed E-state index contributed by atoms with van der Waals surface area (Å²) in [6.07, 6.45) is 2.95. The first-order valence-electron chi connectivity index (χ1n) is 5.05. The van der Waals surface area contributed by atoms with Crippen LogP contribution in [0.25, 0.3) is 21.8 Å². The van der Waals surface area contributed by atoms with Gasteiger partial charge in [0.25, 0.3) is 0 Å². The van der Waals surface area contributed by atoms with Crippen molar-refractivity contribution >= 4 is 33.5 Å². The Bertz CT molecular complexity index is 746. The SMILES string of the molecule is Nc1cccc2c1[nH]c1cncc(C(=O)O)c12. The van der Waals surface area contributed by atoms with Crippen molar-refractivity contribution in [1.82, 2.24) is 9.97 Å². The molecule has 0 aliphatic heterocycles. The van der Waals surface area contributed by atoms with Gasteiger partial charge in [0.05, 0.1) is 28.5 Å². The van der Waals surface area contributed by atoms with E-state index >= 15 is 0 Å². The minimum Gasteiger partial charge on any atom is -0.478 e. The van der Waals surface area contributed by atoms with Crippen LogP contribution in [0.4, 0.5) is 5.69 Å². The molecule has 84 valence electrons. The van der Waals surface area contributed by atoms with E-state index in [1.54, 1.807) is 18.3 Å². The smallest absolute Gasteiger partial charge is 0.337 e. The molecule has 0 saturated heterocycles. The molecule has 0 atom stereocenters. The summed E-state index contributed by atoms with van der Waals surface area (Å²) in [6.45, 7) is 0. The van der Waals surface area contributed by atoms with Crippen LogP contribution in [0.1, 0.15) is 10.4 Å². The first kappa shape index (κ1) is 9.65. The molecule has 3 rings (SSSR count). The van der Waals surface area contributed by atoms with Crippen LogP contribution >= 0.6 is 0 Å². The number of H-pyrrole nitrogens is 1. The highest BCUT2D eigenvalue weighted by atomic mass is 16.4. The van der Waals surface area contributed by atoms with Gasteiger partial charge in [-0.25, -0.2) is 4.79 Å². The summed E-state index contributed by atoms with van der Waals surface area (Å²) in [7, 11) is 0. The number of nitrogens with two attached hydrogens (primary N) is 1. The maximum Gasteiger partial charge on any atom is 0.337 e. The number of aromatic carboxylic acids is 1. The summed E-state index contributed by atoms with van der Waals surface area (Å²) < 4.78 is 0. The number of pyridine rings is 1. The van der Waals surface area contributed by atoms with E-state index < -0.39 is 5.97 Å². The number of fused-ring (bicyclic) bond motifs is 3. The van der Waals surface area contributed by atoms with Crippen LogP contribution in [-0.2, 0) is 0 Å². The molecule has 0 amide bonds. The fourth-order valence-electron chi connectivity index (χ4n) is 2.06. The van der Waals surface area contributed by atoms with Gasteiger partial charge < -0.3 is 15.8 Å². The lowest BCUT2D eigenvalue weighted by atomic mass is 10.1. The van der Waals surface area contributed by atoms with Crippen molar-refractivity contribution in [2.75, 3.05) is 5.73 Å². The number of aromatic nitrogens is 2. The number of hydrogen-bond acceptors (Lipinski definition) is 3. The lowest BCUT2D eigenvalue weighted by Crippen LogP contribution is -1.97. The molecular weight excluding hydrogens is 218 g/mol. The Labute approximate surface area is 95.9 Å². The number of benzene rings is 1. The Morgan fingerprint density at radius 3 is 2.94 bits per heavy atom. The van der Waals surface area contributed by atoms with E-state index in [1.807, 2.05) is 6.07 Å². The summed E-state index contributed by atoms with van der Waals surface area (Å²) in [4.78, 5) is 18.2. The summed E-state index contributed by atoms with van der Waals surface area (Å²) in [5, 5.41) is 10.6. The maximum absolute atomic E-state index is 11.2. The highest BCUT2D eigenvalue weighted by Gasteiger charge is 2.14. The normalized spacial score (nSPS) is 11.1. The van der Waals surface area contributed by atoms with Crippen molar-refractivity contribution in [1.29, 1.82) is 0 Å². The Balaban J connectivity index is 2.59. The van der Waals surface area contributed by atoms with Gasteiger partial charge in [0.15, 0.2) is 0 Å². The van der Waals surface area contributed by atoms with Crippen molar-refractivity contribution in [3.8, 4) is 0 Å². The Morgan fingerprint density at radius 2 is 2.18 bits per heavy atom. The minimum absolute atomic E-state index is 0.180. The van der Waals surface area contributed by atoms with Gasteiger partial charge in [-0.05, 0) is 6.07 Å².